The first-order valence-electron chi connectivity index (χ1n) is 14.0. The van der Waals surface area contributed by atoms with Crippen molar-refractivity contribution in [1.82, 2.24) is 9.88 Å². The van der Waals surface area contributed by atoms with Gasteiger partial charge in [0.05, 0.1) is 13.2 Å². The molecule has 1 saturated carbocycles. The Morgan fingerprint density at radius 3 is 1.87 bits per heavy atom. The molecule has 0 spiro atoms. The molecule has 12 nitrogen and oxygen atoms in total. The Morgan fingerprint density at radius 1 is 0.913 bits per heavy atom. The molecule has 1 aliphatic carbocycles. The standard InChI is InChI=1S/C25H33N3O3.C4H6O4.C2H3BO2.CH4.Na/c1-25(2,3)31-24(29)28(4)22-9-7-21(8-10-22)27-17-20-16-19(6-11-23(20)30-5)18-12-14-26-15-13-18;1-3(5)7-8-4(2)6;1-2(4)5-3;;/h6,11-17,21-22H,7-10H2,1-5H3;1-2H3;1H3;1H4;/q;;-1;;+1. The SMILES string of the molecule is C.CC(=O)OOC(C)=O.COc1ccc(-c2ccncc2)cc1C=NC1CCC(N(C)C(=O)OC(C)(C)C)CC1.[B-]OC(C)=O.[Na+]. The van der Waals surface area contributed by atoms with Gasteiger partial charge in [-0.2, -0.15) is 0 Å². The van der Waals surface area contributed by atoms with Crippen molar-refractivity contribution in [3.05, 3.63) is 48.3 Å². The maximum Gasteiger partial charge on any atom is 1.00 e. The molecular formula is C32H46BN3NaO9. The van der Waals surface area contributed by atoms with E-state index >= 15 is 0 Å². The van der Waals surface area contributed by atoms with Crippen molar-refractivity contribution in [2.75, 3.05) is 14.2 Å². The molecule has 1 amide bonds. The number of carbonyl (C=O) groups excluding carboxylic acids is 4. The quantitative estimate of drug-likeness (QED) is 0.205. The second-order valence-corrected chi connectivity index (χ2v) is 10.8. The Morgan fingerprint density at radius 2 is 1.43 bits per heavy atom. The van der Waals surface area contributed by atoms with Crippen molar-refractivity contribution in [2.24, 2.45) is 4.99 Å². The summed E-state index contributed by atoms with van der Waals surface area (Å²) < 4.78 is 14.6. The zero-order chi connectivity index (χ0) is 33.3. The maximum atomic E-state index is 12.3. The molecule has 247 valence electrons. The Kier molecular flexibility index (Phi) is 22.3. The number of methoxy groups -OCH3 is 1. The van der Waals surface area contributed by atoms with Crippen LogP contribution in [0.2, 0.25) is 0 Å². The Bertz CT molecular complexity index is 1240. The molecule has 3 rings (SSSR count). The van der Waals surface area contributed by atoms with Crippen LogP contribution in [-0.4, -0.2) is 80.0 Å². The third-order valence-electron chi connectivity index (χ3n) is 6.01. The molecule has 0 atom stereocenters. The largest absolute Gasteiger partial charge is 1.00 e. The van der Waals surface area contributed by atoms with E-state index in [1.807, 2.05) is 58.3 Å². The van der Waals surface area contributed by atoms with Gasteiger partial charge in [-0.3, -0.25) is 14.8 Å². The molecule has 1 aromatic heterocycles. The topological polar surface area (TPSA) is 143 Å². The molecule has 1 aliphatic rings. The smallest absolute Gasteiger partial charge is 0.793 e. The van der Waals surface area contributed by atoms with Crippen LogP contribution < -0.4 is 34.3 Å². The van der Waals surface area contributed by atoms with Gasteiger partial charge < -0.3 is 27.1 Å². The van der Waals surface area contributed by atoms with Crippen LogP contribution in [0.5, 0.6) is 5.75 Å². The molecule has 0 N–H and O–H groups in total. The normalized spacial score (nSPS) is 15.1. The number of aromatic nitrogens is 1. The molecule has 3 radical (unpaired) electrons. The van der Waals surface area contributed by atoms with E-state index in [4.69, 9.17) is 14.5 Å². The average Bonchev–Trinajstić information content (AvgIpc) is 2.99. The van der Waals surface area contributed by atoms with Crippen molar-refractivity contribution < 1.29 is 72.6 Å². The number of nitrogens with zero attached hydrogens (tertiary/aromatic N) is 3. The van der Waals surface area contributed by atoms with Crippen LogP contribution in [0.25, 0.3) is 11.1 Å². The minimum absolute atomic E-state index is 0. The van der Waals surface area contributed by atoms with E-state index in [0.717, 1.165) is 62.0 Å². The molecule has 2 aromatic rings. The molecule has 0 unspecified atom stereocenters. The molecule has 14 heteroatoms. The third-order valence-corrected chi connectivity index (χ3v) is 6.01. The predicted molar refractivity (Wildman–Crippen MR) is 172 cm³/mol. The number of amides is 1. The van der Waals surface area contributed by atoms with E-state index in [-0.39, 0.29) is 55.2 Å². The maximum absolute atomic E-state index is 12.3. The summed E-state index contributed by atoms with van der Waals surface area (Å²) in [4.78, 5) is 59.8. The first-order valence-corrected chi connectivity index (χ1v) is 14.0. The second-order valence-electron chi connectivity index (χ2n) is 10.8. The van der Waals surface area contributed by atoms with Crippen LogP contribution >= 0.6 is 0 Å². The van der Waals surface area contributed by atoms with Crippen LogP contribution in [0.15, 0.2) is 47.7 Å². The summed E-state index contributed by atoms with van der Waals surface area (Å²) in [7, 11) is 7.83. The van der Waals surface area contributed by atoms with Gasteiger partial charge in [-0.1, -0.05) is 13.5 Å². The molecular weight excluding hydrogens is 604 g/mol. The molecule has 1 fully saturated rings. The van der Waals surface area contributed by atoms with Crippen molar-refractivity contribution in [1.29, 1.82) is 0 Å². The van der Waals surface area contributed by atoms with Crippen LogP contribution in [0.4, 0.5) is 4.79 Å². The summed E-state index contributed by atoms with van der Waals surface area (Å²) in [6.45, 7) is 9.19. The number of ether oxygens (including phenoxy) is 2. The number of benzene rings is 1. The zero-order valence-corrected chi connectivity index (χ0v) is 29.7. The minimum Gasteiger partial charge on any atom is -0.793 e. The van der Waals surface area contributed by atoms with Crippen molar-refractivity contribution in [3.8, 4) is 16.9 Å². The molecule has 0 bridgehead atoms. The Balaban J connectivity index is 0. The van der Waals surface area contributed by atoms with Gasteiger partial charge in [0.1, 0.15) is 11.4 Å². The Labute approximate surface area is 296 Å². The minimum atomic E-state index is -0.639. The number of pyridine rings is 1. The van der Waals surface area contributed by atoms with Gasteiger partial charge in [-0.25, -0.2) is 24.2 Å². The fraction of sp³-hybridized carbons (Fsp3) is 0.500. The summed E-state index contributed by atoms with van der Waals surface area (Å²) in [5, 5.41) is 0. The molecule has 0 aliphatic heterocycles. The van der Waals surface area contributed by atoms with Crippen molar-refractivity contribution in [3.63, 3.8) is 0 Å². The summed E-state index contributed by atoms with van der Waals surface area (Å²) >= 11 is 0. The first kappa shape index (κ1) is 44.7. The summed E-state index contributed by atoms with van der Waals surface area (Å²) in [5.41, 5.74) is 2.70. The summed E-state index contributed by atoms with van der Waals surface area (Å²) in [6.07, 6.45) is 8.99. The monoisotopic (exact) mass is 650 g/mol. The van der Waals surface area contributed by atoms with Crippen molar-refractivity contribution in [2.45, 2.75) is 92.3 Å². The molecule has 46 heavy (non-hydrogen) atoms. The first-order chi connectivity index (χ1) is 20.7. The van der Waals surface area contributed by atoms with Gasteiger partial charge in [0.15, 0.2) is 0 Å². The number of carbonyl (C=O) groups is 4. The van der Waals surface area contributed by atoms with Crippen molar-refractivity contribution >= 4 is 38.3 Å². The summed E-state index contributed by atoms with van der Waals surface area (Å²) in [6, 6.07) is 10.5. The van der Waals surface area contributed by atoms with Crippen LogP contribution in [0.3, 0.4) is 0 Å². The predicted octanol–water partition coefficient (Wildman–Crippen LogP) is 2.65. The van der Waals surface area contributed by atoms with E-state index in [0.29, 0.717) is 0 Å². The molecule has 0 saturated heterocycles. The van der Waals surface area contributed by atoms with E-state index in [1.54, 1.807) is 24.4 Å². The van der Waals surface area contributed by atoms with Crippen LogP contribution in [0.1, 0.15) is 80.2 Å². The second kappa shape index (κ2) is 23.0. The van der Waals surface area contributed by atoms with E-state index in [1.165, 1.54) is 6.92 Å². The molecule has 1 heterocycles. The van der Waals surface area contributed by atoms with Gasteiger partial charge in [-0.05, 0) is 81.8 Å². The van der Waals surface area contributed by atoms with E-state index in [2.05, 4.69) is 33.5 Å². The van der Waals surface area contributed by atoms with Crippen LogP contribution in [0, 0.1) is 0 Å². The number of rotatable bonds is 5. The van der Waals surface area contributed by atoms with E-state index in [9.17, 15) is 19.2 Å². The van der Waals surface area contributed by atoms with Gasteiger partial charge >= 0.3 is 47.6 Å². The molecule has 1 aromatic carbocycles. The number of aliphatic imine (C=N–C) groups is 1. The zero-order valence-electron chi connectivity index (χ0n) is 27.7. The van der Waals surface area contributed by atoms with E-state index < -0.39 is 23.5 Å². The summed E-state index contributed by atoms with van der Waals surface area (Å²) in [5.74, 6) is -0.940. The van der Waals surface area contributed by atoms with Gasteiger partial charge in [0, 0.05) is 58.0 Å². The van der Waals surface area contributed by atoms with Crippen LogP contribution in [-0.2, 0) is 33.5 Å². The average molecular weight is 651 g/mol. The fourth-order valence-electron chi connectivity index (χ4n) is 3.94. The van der Waals surface area contributed by atoms with Gasteiger partial charge in [0.2, 0.25) is 5.97 Å². The third kappa shape index (κ3) is 18.5. The Hall–Kier alpha value is -3.42. The fourth-order valence-corrected chi connectivity index (χ4v) is 3.94. The van der Waals surface area contributed by atoms with Gasteiger partial charge in [0.25, 0.3) is 0 Å². The number of hydrogen-bond acceptors (Lipinski definition) is 11. The van der Waals surface area contributed by atoms with Gasteiger partial charge in [-0.15, -0.1) is 0 Å². The number of hydrogen-bond donors (Lipinski definition) is 0.